The van der Waals surface area contributed by atoms with E-state index in [0.717, 1.165) is 42.9 Å². The zero-order chi connectivity index (χ0) is 19.9. The molecule has 6 heteroatoms. The molecule has 2 aromatic carbocycles. The van der Waals surface area contributed by atoms with Gasteiger partial charge in [-0.05, 0) is 61.6 Å². The number of hydrogen-bond donors (Lipinski definition) is 2. The van der Waals surface area contributed by atoms with Crippen LogP contribution in [0.1, 0.15) is 41.6 Å². The average molecular weight is 381 g/mol. The maximum atomic E-state index is 12.6. The molecule has 1 aliphatic heterocycles. The van der Waals surface area contributed by atoms with E-state index < -0.39 is 5.91 Å². The smallest absolute Gasteiger partial charge is 0.248 e. The Labute approximate surface area is 165 Å². The van der Waals surface area contributed by atoms with Gasteiger partial charge in [-0.25, -0.2) is 0 Å². The van der Waals surface area contributed by atoms with Crippen LogP contribution in [0.2, 0.25) is 0 Å². The maximum Gasteiger partial charge on any atom is 0.248 e. The highest BCUT2D eigenvalue weighted by Crippen LogP contribution is 2.30. The average Bonchev–Trinajstić information content (AvgIpc) is 2.73. The number of rotatable bonds is 7. The van der Waals surface area contributed by atoms with Crippen LogP contribution < -0.4 is 20.7 Å². The standard InChI is InChI=1S/C22H27N3O3/c1-28-18-7-5-6-16(14-18)8-11-21(26)24-19-15-17(22(23)27)9-10-20(19)25-12-3-2-4-13-25/h5-7,9-10,14-15H,2-4,8,11-13H2,1H3,(H2,23,27)(H,24,26). The maximum absolute atomic E-state index is 12.6. The summed E-state index contributed by atoms with van der Waals surface area (Å²) in [5.41, 5.74) is 8.45. The predicted molar refractivity (Wildman–Crippen MR) is 111 cm³/mol. The van der Waals surface area contributed by atoms with E-state index in [0.29, 0.717) is 24.1 Å². The number of nitrogens with one attached hydrogen (secondary N) is 1. The van der Waals surface area contributed by atoms with Crippen molar-refractivity contribution in [1.29, 1.82) is 0 Å². The monoisotopic (exact) mass is 381 g/mol. The van der Waals surface area contributed by atoms with Crippen molar-refractivity contribution >= 4 is 23.2 Å². The zero-order valence-corrected chi connectivity index (χ0v) is 16.2. The summed E-state index contributed by atoms with van der Waals surface area (Å²) < 4.78 is 5.23. The Hall–Kier alpha value is -3.02. The number of primary amides is 1. The first-order chi connectivity index (χ1) is 13.6. The molecule has 1 aliphatic rings. The van der Waals surface area contributed by atoms with E-state index in [1.165, 1.54) is 6.42 Å². The lowest BCUT2D eigenvalue weighted by Gasteiger charge is -2.30. The second-order valence-electron chi connectivity index (χ2n) is 7.04. The molecule has 1 saturated heterocycles. The Balaban J connectivity index is 1.72. The van der Waals surface area contributed by atoms with Crippen molar-refractivity contribution < 1.29 is 14.3 Å². The molecule has 28 heavy (non-hydrogen) atoms. The minimum atomic E-state index is -0.503. The van der Waals surface area contributed by atoms with E-state index in [9.17, 15) is 9.59 Å². The predicted octanol–water partition coefficient (Wildman–Crippen LogP) is 3.36. The summed E-state index contributed by atoms with van der Waals surface area (Å²) in [6.45, 7) is 1.89. The van der Waals surface area contributed by atoms with Crippen LogP contribution in [0.25, 0.3) is 0 Å². The van der Waals surface area contributed by atoms with Crippen molar-refractivity contribution in [2.75, 3.05) is 30.4 Å². The van der Waals surface area contributed by atoms with Crippen LogP contribution in [-0.4, -0.2) is 32.0 Å². The topological polar surface area (TPSA) is 84.7 Å². The van der Waals surface area contributed by atoms with Crippen molar-refractivity contribution in [3.05, 3.63) is 53.6 Å². The van der Waals surface area contributed by atoms with Crippen LogP contribution in [0.4, 0.5) is 11.4 Å². The minimum absolute atomic E-state index is 0.0947. The number of methoxy groups -OCH3 is 1. The van der Waals surface area contributed by atoms with Gasteiger partial charge in [-0.1, -0.05) is 12.1 Å². The lowest BCUT2D eigenvalue weighted by Crippen LogP contribution is -2.30. The van der Waals surface area contributed by atoms with Crippen molar-refractivity contribution in [2.24, 2.45) is 5.73 Å². The van der Waals surface area contributed by atoms with Gasteiger partial charge in [0.15, 0.2) is 0 Å². The molecule has 0 atom stereocenters. The van der Waals surface area contributed by atoms with Gasteiger partial charge in [0.1, 0.15) is 5.75 Å². The van der Waals surface area contributed by atoms with Gasteiger partial charge in [-0.15, -0.1) is 0 Å². The van der Waals surface area contributed by atoms with E-state index in [4.69, 9.17) is 10.5 Å². The molecule has 0 aromatic heterocycles. The molecule has 0 spiro atoms. The first-order valence-corrected chi connectivity index (χ1v) is 9.68. The molecule has 2 amide bonds. The third-order valence-corrected chi connectivity index (χ3v) is 5.03. The minimum Gasteiger partial charge on any atom is -0.497 e. The number of benzene rings is 2. The first-order valence-electron chi connectivity index (χ1n) is 9.68. The molecule has 1 fully saturated rings. The van der Waals surface area contributed by atoms with Crippen LogP contribution in [-0.2, 0) is 11.2 Å². The van der Waals surface area contributed by atoms with E-state index >= 15 is 0 Å². The number of carbonyl (C=O) groups excluding carboxylic acids is 2. The summed E-state index contributed by atoms with van der Waals surface area (Å²) in [6, 6.07) is 13.0. The molecule has 0 bridgehead atoms. The molecule has 3 N–H and O–H groups in total. The molecule has 148 valence electrons. The normalized spacial score (nSPS) is 13.8. The molecule has 0 saturated carbocycles. The van der Waals surface area contributed by atoms with Gasteiger partial charge in [-0.3, -0.25) is 9.59 Å². The van der Waals surface area contributed by atoms with E-state index in [1.807, 2.05) is 30.3 Å². The number of hydrogen-bond acceptors (Lipinski definition) is 4. The van der Waals surface area contributed by atoms with Gasteiger partial charge in [0.2, 0.25) is 11.8 Å². The van der Waals surface area contributed by atoms with E-state index in [1.54, 1.807) is 19.2 Å². The number of aryl methyl sites for hydroxylation is 1. The van der Waals surface area contributed by atoms with Gasteiger partial charge in [0.25, 0.3) is 0 Å². The largest absolute Gasteiger partial charge is 0.497 e. The number of amides is 2. The van der Waals surface area contributed by atoms with Gasteiger partial charge >= 0.3 is 0 Å². The Kier molecular flexibility index (Phi) is 6.53. The number of carbonyl (C=O) groups is 2. The van der Waals surface area contributed by atoms with Crippen LogP contribution in [0, 0.1) is 0 Å². The zero-order valence-electron chi connectivity index (χ0n) is 16.2. The molecule has 1 heterocycles. The van der Waals surface area contributed by atoms with Crippen LogP contribution in [0.5, 0.6) is 5.75 Å². The SMILES string of the molecule is COc1cccc(CCC(=O)Nc2cc(C(N)=O)ccc2N2CCCCC2)c1. The second-order valence-corrected chi connectivity index (χ2v) is 7.04. The Morgan fingerprint density at radius 1 is 1.11 bits per heavy atom. The lowest BCUT2D eigenvalue weighted by atomic mass is 10.1. The fraction of sp³-hybridized carbons (Fsp3) is 0.364. The molecule has 0 radical (unpaired) electrons. The van der Waals surface area contributed by atoms with Gasteiger partial charge in [0.05, 0.1) is 18.5 Å². The molecule has 3 rings (SSSR count). The molecule has 0 unspecified atom stereocenters. The number of nitrogens with two attached hydrogens (primary N) is 1. The van der Waals surface area contributed by atoms with E-state index in [-0.39, 0.29) is 5.91 Å². The van der Waals surface area contributed by atoms with Gasteiger partial charge in [0, 0.05) is 25.1 Å². The summed E-state index contributed by atoms with van der Waals surface area (Å²) in [4.78, 5) is 26.4. The Morgan fingerprint density at radius 3 is 2.61 bits per heavy atom. The van der Waals surface area contributed by atoms with Crippen LogP contribution in [0.15, 0.2) is 42.5 Å². The second kappa shape index (κ2) is 9.26. The van der Waals surface area contributed by atoms with Crippen molar-refractivity contribution in [1.82, 2.24) is 0 Å². The van der Waals surface area contributed by atoms with Crippen LogP contribution in [0.3, 0.4) is 0 Å². The lowest BCUT2D eigenvalue weighted by molar-refractivity contribution is -0.116. The third kappa shape index (κ3) is 5.03. The molecular weight excluding hydrogens is 354 g/mol. The summed E-state index contributed by atoms with van der Waals surface area (Å²) in [7, 11) is 1.62. The number of ether oxygens (including phenoxy) is 1. The van der Waals surface area contributed by atoms with Crippen molar-refractivity contribution in [3.63, 3.8) is 0 Å². The first kappa shape index (κ1) is 19.7. The highest BCUT2D eigenvalue weighted by molar-refractivity contribution is 5.99. The van der Waals surface area contributed by atoms with Crippen molar-refractivity contribution in [2.45, 2.75) is 32.1 Å². The Morgan fingerprint density at radius 2 is 1.89 bits per heavy atom. The fourth-order valence-corrected chi connectivity index (χ4v) is 3.50. The summed E-state index contributed by atoms with van der Waals surface area (Å²) in [6.07, 6.45) is 4.42. The number of anilines is 2. The highest BCUT2D eigenvalue weighted by atomic mass is 16.5. The molecule has 0 aliphatic carbocycles. The summed E-state index contributed by atoms with van der Waals surface area (Å²) in [5.74, 6) is 0.180. The number of nitrogens with zero attached hydrogens (tertiary/aromatic N) is 1. The quantitative estimate of drug-likeness (QED) is 0.770. The van der Waals surface area contributed by atoms with Crippen molar-refractivity contribution in [3.8, 4) is 5.75 Å². The highest BCUT2D eigenvalue weighted by Gasteiger charge is 2.17. The van der Waals surface area contributed by atoms with E-state index in [2.05, 4.69) is 10.2 Å². The number of piperidine rings is 1. The molecule has 2 aromatic rings. The Bertz CT molecular complexity index is 845. The molecular formula is C22H27N3O3. The van der Waals surface area contributed by atoms with Gasteiger partial charge in [-0.2, -0.15) is 0 Å². The fourth-order valence-electron chi connectivity index (χ4n) is 3.50. The van der Waals surface area contributed by atoms with Crippen LogP contribution >= 0.6 is 0 Å². The van der Waals surface area contributed by atoms with Gasteiger partial charge < -0.3 is 20.7 Å². The summed E-state index contributed by atoms with van der Waals surface area (Å²) in [5, 5.41) is 2.98. The third-order valence-electron chi connectivity index (χ3n) is 5.03. The summed E-state index contributed by atoms with van der Waals surface area (Å²) >= 11 is 0. The molecule has 6 nitrogen and oxygen atoms in total.